The first kappa shape index (κ1) is 74.8. The number of esters is 1. The molecule has 0 atom stereocenters. The second-order valence-electron chi connectivity index (χ2n) is 33.0. The van der Waals surface area contributed by atoms with Crippen LogP contribution in [0.3, 0.4) is 0 Å². The van der Waals surface area contributed by atoms with Crippen molar-refractivity contribution in [3.05, 3.63) is 108 Å². The summed E-state index contributed by atoms with van der Waals surface area (Å²) in [7, 11) is 13.1. The van der Waals surface area contributed by atoms with Gasteiger partial charge >= 0.3 is 42.2 Å². The third-order valence-electron chi connectivity index (χ3n) is 24.6. The minimum Gasteiger partial charge on any atom is -0.480 e. The second-order valence-corrected chi connectivity index (χ2v) is 33.0. The first-order valence-electron chi connectivity index (χ1n) is 35.5. The molecule has 3 aliphatic heterocycles. The molecule has 0 aromatic heterocycles. The fraction of sp³-hybridized carbons (Fsp3) is 0.684. The van der Waals surface area contributed by atoms with Gasteiger partial charge in [-0.2, -0.15) is 13.2 Å². The predicted molar refractivity (Wildman–Crippen MR) is 370 cm³/mol. The fourth-order valence-corrected chi connectivity index (χ4v) is 17.9. The Balaban J connectivity index is 0.000000163. The Kier molecular flexibility index (Phi) is 22.1. The summed E-state index contributed by atoms with van der Waals surface area (Å²) in [4.78, 5) is 89.4. The Bertz CT molecular complexity index is 3210. The van der Waals surface area contributed by atoms with Crippen molar-refractivity contribution in [2.45, 2.75) is 221 Å². The summed E-state index contributed by atoms with van der Waals surface area (Å²) in [6.07, 6.45) is 17.8. The summed E-state index contributed by atoms with van der Waals surface area (Å²) in [5, 5.41) is 19.6. The molecule has 536 valence electrons. The largest absolute Gasteiger partial charge is 0.490 e. The summed E-state index contributed by atoms with van der Waals surface area (Å²) in [6.45, 7) is 16.8. The minimum atomic E-state index is -5.08. The molecule has 21 heteroatoms. The van der Waals surface area contributed by atoms with Gasteiger partial charge in [-0.1, -0.05) is 131 Å². The lowest BCUT2D eigenvalue weighted by molar-refractivity contribution is -0.192. The number of rotatable bonds is 16. The molecule has 3 saturated heterocycles. The molecular weight excluding hydrogens is 1240 g/mol. The van der Waals surface area contributed by atoms with E-state index in [1.807, 2.05) is 20.8 Å². The van der Waals surface area contributed by atoms with E-state index in [-0.39, 0.29) is 81.2 Å². The maximum atomic E-state index is 13.7. The maximum Gasteiger partial charge on any atom is 0.490 e. The number of carbonyl (C=O) groups excluding carboxylic acids is 4. The van der Waals surface area contributed by atoms with Crippen LogP contribution >= 0.6 is 0 Å². The number of benzene rings is 3. The van der Waals surface area contributed by atoms with Crippen molar-refractivity contribution in [1.29, 1.82) is 0 Å². The molecule has 0 unspecified atom stereocenters. The van der Waals surface area contributed by atoms with Gasteiger partial charge in [0, 0.05) is 55.9 Å². The number of nitrogens with zero attached hydrogens (tertiary/aromatic N) is 8. The normalized spacial score (nSPS) is 29.4. The van der Waals surface area contributed by atoms with Crippen LogP contribution in [0.15, 0.2) is 91.0 Å². The number of carboxylic acid groups (broad SMARTS) is 2. The molecule has 0 bridgehead atoms. The van der Waals surface area contributed by atoms with Crippen molar-refractivity contribution < 1.29 is 56.9 Å². The van der Waals surface area contributed by atoms with Gasteiger partial charge in [-0.05, 0) is 212 Å². The second kappa shape index (κ2) is 28.7. The highest BCUT2D eigenvalue weighted by Crippen LogP contribution is 2.55. The molecule has 12 rings (SSSR count). The van der Waals surface area contributed by atoms with Crippen LogP contribution in [-0.4, -0.2) is 208 Å². The predicted octanol–water partition coefficient (Wildman–Crippen LogP) is 13.4. The fourth-order valence-electron chi connectivity index (χ4n) is 17.9. The van der Waals surface area contributed by atoms with Crippen LogP contribution in [0, 0.1) is 16.2 Å². The molecule has 9 aliphatic rings. The molecule has 6 saturated carbocycles. The number of hydrogen-bond donors (Lipinski definition) is 3. The van der Waals surface area contributed by atoms with E-state index in [9.17, 15) is 42.3 Å². The summed E-state index contributed by atoms with van der Waals surface area (Å²) >= 11 is 0. The van der Waals surface area contributed by atoms with Crippen LogP contribution in [0.2, 0.25) is 0 Å². The number of carboxylic acids is 2. The molecule has 97 heavy (non-hydrogen) atoms. The number of amides is 6. The Morgan fingerprint density at radius 1 is 0.474 bits per heavy atom. The first-order chi connectivity index (χ1) is 45.4. The van der Waals surface area contributed by atoms with Crippen molar-refractivity contribution in [2.24, 2.45) is 16.2 Å². The molecule has 3 N–H and O–H groups in total. The molecule has 18 nitrogen and oxygen atoms in total. The van der Waals surface area contributed by atoms with E-state index >= 15 is 0 Å². The van der Waals surface area contributed by atoms with Crippen LogP contribution in [0.5, 0.6) is 0 Å². The zero-order valence-electron chi connectivity index (χ0n) is 60.1. The molecular formula is C76H112F3N9O9. The van der Waals surface area contributed by atoms with Crippen molar-refractivity contribution in [3.63, 3.8) is 0 Å². The molecule has 0 radical (unpaired) electrons. The molecule has 9 fully saturated rings. The van der Waals surface area contributed by atoms with E-state index < -0.39 is 23.7 Å². The highest BCUT2D eigenvalue weighted by Gasteiger charge is 2.59. The number of hydrogen-bond acceptors (Lipinski definition) is 10. The minimum absolute atomic E-state index is 0.0102. The van der Waals surface area contributed by atoms with E-state index in [2.05, 4.69) is 189 Å². The molecule has 3 spiro atoms. The monoisotopic (exact) mass is 1350 g/mol. The number of aliphatic carboxylic acids is 2. The Morgan fingerprint density at radius 3 is 1.04 bits per heavy atom. The molecule has 6 aliphatic carbocycles. The van der Waals surface area contributed by atoms with Gasteiger partial charge in [0.25, 0.3) is 0 Å². The van der Waals surface area contributed by atoms with Gasteiger partial charge in [0.15, 0.2) is 0 Å². The van der Waals surface area contributed by atoms with E-state index in [4.69, 9.17) is 14.6 Å². The SMILES string of the molecule is CN(C)C1(c2ccccc2)CCC2(CC1)CN(CC(=O)O)C(=O)N2CC1(C)CCC1.CN(C)C1(c2ccccc2)CCC2(CC1)CN(CC(=O)OC(C)(C)C)C(=O)N2CC1(C)CCC1.CN(C)C1(c2ccccc2)CCC2(CC1)CNC(=O)N2CC1(C)CCC1.O=C(O)C(F)(F)F. The standard InChI is InChI=1S/C28H43N3O3.C24H35N3O3.C22H33N3O.C2HF3O2/c1-25(2,3)34-23(32)19-30-21-27(31(24(30)33)20-26(4)13-10-14-26)15-17-28(18-16-27,29(5)6)22-11-8-7-9-12-22;1-22(10-7-11-22)17-27-21(30)26(16-20(28)29)18-23(27)12-14-24(15-13-23,25(2)3)19-8-5-4-6-9-19;1-20(10-7-11-20)17-25-19(26)23-16-21(25)12-14-22(15-13-21,24(2)3)18-8-5-4-6-9-18;3-2(4,5)1(6)7/h7-9,11-12H,10,13-21H2,1-6H3;4-6,8-9H,7,10-18H2,1-3H3,(H,28,29);4-6,8-9H,7,10-17H2,1-3H3,(H,23,26);(H,6,7). The summed E-state index contributed by atoms with van der Waals surface area (Å²) < 4.78 is 37.3. The zero-order valence-corrected chi connectivity index (χ0v) is 60.1. The smallest absolute Gasteiger partial charge is 0.480 e. The van der Waals surface area contributed by atoms with Crippen LogP contribution in [0.4, 0.5) is 27.6 Å². The zero-order chi connectivity index (χ0) is 70.8. The van der Waals surface area contributed by atoms with Crippen molar-refractivity contribution in [2.75, 3.05) is 94.6 Å². The van der Waals surface area contributed by atoms with Crippen molar-refractivity contribution in [1.82, 2.24) is 44.5 Å². The third kappa shape index (κ3) is 15.9. The van der Waals surface area contributed by atoms with Crippen molar-refractivity contribution >= 4 is 36.0 Å². The number of nitrogens with one attached hydrogen (secondary N) is 1. The number of halogens is 3. The summed E-state index contributed by atoms with van der Waals surface area (Å²) in [5.41, 5.74) is 3.82. The van der Waals surface area contributed by atoms with Gasteiger partial charge in [0.1, 0.15) is 18.7 Å². The Hall–Kier alpha value is -6.45. The average molecular weight is 1350 g/mol. The lowest BCUT2D eigenvalue weighted by atomic mass is 9.66. The lowest BCUT2D eigenvalue weighted by Gasteiger charge is -2.53. The van der Waals surface area contributed by atoms with Gasteiger partial charge in [-0.25, -0.2) is 19.2 Å². The molecule has 3 heterocycles. The van der Waals surface area contributed by atoms with Crippen molar-refractivity contribution in [3.8, 4) is 0 Å². The number of urea groups is 3. The van der Waals surface area contributed by atoms with Gasteiger partial charge in [-0.15, -0.1) is 0 Å². The van der Waals surface area contributed by atoms with Gasteiger partial charge in [0.05, 0.1) is 16.6 Å². The summed E-state index contributed by atoms with van der Waals surface area (Å²) in [6, 6.07) is 32.5. The summed E-state index contributed by atoms with van der Waals surface area (Å²) in [5.74, 6) is -4.01. The van der Waals surface area contributed by atoms with E-state index in [1.165, 1.54) is 61.6 Å². The van der Waals surface area contributed by atoms with Gasteiger partial charge in [-0.3, -0.25) is 24.3 Å². The van der Waals surface area contributed by atoms with E-state index in [1.54, 1.807) is 9.80 Å². The van der Waals surface area contributed by atoms with Gasteiger partial charge in [0.2, 0.25) is 0 Å². The first-order valence-corrected chi connectivity index (χ1v) is 35.5. The average Bonchev–Trinajstić information content (AvgIpc) is 1.63. The van der Waals surface area contributed by atoms with Crippen LogP contribution < -0.4 is 5.32 Å². The maximum absolute atomic E-state index is 13.7. The molecule has 3 aromatic rings. The number of ether oxygens (including phenoxy) is 1. The topological polar surface area (TPSA) is 190 Å². The van der Waals surface area contributed by atoms with Crippen LogP contribution in [0.1, 0.15) is 193 Å². The highest BCUT2D eigenvalue weighted by molar-refractivity contribution is 5.84. The number of alkyl halides is 3. The van der Waals surface area contributed by atoms with Crippen LogP contribution in [-0.2, 0) is 35.7 Å². The number of carbonyl (C=O) groups is 6. The van der Waals surface area contributed by atoms with E-state index in [0.29, 0.717) is 18.5 Å². The third-order valence-corrected chi connectivity index (χ3v) is 24.6. The molecule has 6 amide bonds. The van der Waals surface area contributed by atoms with E-state index in [0.717, 1.165) is 116 Å². The quantitative estimate of drug-likeness (QED) is 0.115. The molecule has 3 aromatic carbocycles. The van der Waals surface area contributed by atoms with Gasteiger partial charge < -0.3 is 44.8 Å². The Labute approximate surface area is 574 Å². The Morgan fingerprint density at radius 2 is 0.773 bits per heavy atom. The highest BCUT2D eigenvalue weighted by atomic mass is 19.4. The van der Waals surface area contributed by atoms with Crippen LogP contribution in [0.25, 0.3) is 0 Å². The lowest BCUT2D eigenvalue weighted by Crippen LogP contribution is -2.57.